The summed E-state index contributed by atoms with van der Waals surface area (Å²) in [5.74, 6) is -0.508. The second kappa shape index (κ2) is 8.21. The standard InChI is InChI=1S/C22H26FN5O/c1-3-27-9-11-28(12-10-27)20-8-7-17(23)13-19(20)15(2)25-22(29)18-6-4-5-16-14-24-26-21(16)18/h4-8,13-15H,3,9-12H2,1-2H3,(H,24,26)(H,25,29). The van der Waals surface area contributed by atoms with Crippen LogP contribution >= 0.6 is 0 Å². The molecule has 1 unspecified atom stereocenters. The summed E-state index contributed by atoms with van der Waals surface area (Å²) >= 11 is 0. The van der Waals surface area contributed by atoms with Gasteiger partial charge in [0.25, 0.3) is 5.91 Å². The molecule has 4 rings (SSSR count). The summed E-state index contributed by atoms with van der Waals surface area (Å²) in [6.07, 6.45) is 1.69. The second-order valence-corrected chi connectivity index (χ2v) is 7.46. The van der Waals surface area contributed by atoms with E-state index in [4.69, 9.17) is 0 Å². The monoisotopic (exact) mass is 395 g/mol. The van der Waals surface area contributed by atoms with Crippen LogP contribution in [0.4, 0.5) is 10.1 Å². The van der Waals surface area contributed by atoms with Crippen LogP contribution in [0.2, 0.25) is 0 Å². The first kappa shape index (κ1) is 19.4. The molecule has 152 valence electrons. The first-order chi connectivity index (χ1) is 14.1. The zero-order chi connectivity index (χ0) is 20.4. The number of para-hydroxylation sites is 1. The third-order valence-corrected chi connectivity index (χ3v) is 5.69. The van der Waals surface area contributed by atoms with Crippen LogP contribution in [0.3, 0.4) is 0 Å². The smallest absolute Gasteiger partial charge is 0.253 e. The third-order valence-electron chi connectivity index (χ3n) is 5.69. The van der Waals surface area contributed by atoms with Crippen LogP contribution in [0.15, 0.2) is 42.6 Å². The van der Waals surface area contributed by atoms with Gasteiger partial charge in [-0.3, -0.25) is 9.89 Å². The lowest BCUT2D eigenvalue weighted by Crippen LogP contribution is -2.46. The molecule has 1 aliphatic heterocycles. The van der Waals surface area contributed by atoms with Crippen LogP contribution in [0.25, 0.3) is 10.9 Å². The van der Waals surface area contributed by atoms with E-state index >= 15 is 0 Å². The van der Waals surface area contributed by atoms with Gasteiger partial charge in [0.15, 0.2) is 0 Å². The van der Waals surface area contributed by atoms with E-state index in [9.17, 15) is 9.18 Å². The highest BCUT2D eigenvalue weighted by molar-refractivity contribution is 6.05. The third kappa shape index (κ3) is 3.96. The number of hydrogen-bond donors (Lipinski definition) is 2. The molecular weight excluding hydrogens is 369 g/mol. The number of aromatic amines is 1. The molecule has 1 amide bonds. The topological polar surface area (TPSA) is 64.3 Å². The van der Waals surface area contributed by atoms with E-state index in [2.05, 4.69) is 32.2 Å². The quantitative estimate of drug-likeness (QED) is 0.696. The summed E-state index contributed by atoms with van der Waals surface area (Å²) in [7, 11) is 0. The van der Waals surface area contributed by atoms with Gasteiger partial charge in [-0.15, -0.1) is 0 Å². The van der Waals surface area contributed by atoms with Crippen molar-refractivity contribution in [3.8, 4) is 0 Å². The zero-order valence-corrected chi connectivity index (χ0v) is 16.8. The van der Waals surface area contributed by atoms with E-state index in [1.165, 1.54) is 12.1 Å². The Hall–Kier alpha value is -2.93. The van der Waals surface area contributed by atoms with Crippen molar-refractivity contribution in [2.75, 3.05) is 37.6 Å². The number of piperazine rings is 1. The molecule has 29 heavy (non-hydrogen) atoms. The lowest BCUT2D eigenvalue weighted by atomic mass is 10.0. The molecule has 1 aliphatic rings. The number of H-pyrrole nitrogens is 1. The molecule has 0 radical (unpaired) electrons. The molecule has 1 saturated heterocycles. The summed E-state index contributed by atoms with van der Waals surface area (Å²) in [5.41, 5.74) is 3.00. The zero-order valence-electron chi connectivity index (χ0n) is 16.8. The minimum Gasteiger partial charge on any atom is -0.369 e. The molecule has 2 N–H and O–H groups in total. The van der Waals surface area contributed by atoms with E-state index in [1.807, 2.05) is 25.1 Å². The summed E-state index contributed by atoms with van der Waals surface area (Å²) < 4.78 is 14.1. The van der Waals surface area contributed by atoms with Gasteiger partial charge < -0.3 is 15.1 Å². The van der Waals surface area contributed by atoms with E-state index in [1.54, 1.807) is 12.3 Å². The fraction of sp³-hybridized carbons (Fsp3) is 0.364. The summed E-state index contributed by atoms with van der Waals surface area (Å²) in [6.45, 7) is 8.84. The van der Waals surface area contributed by atoms with Crippen molar-refractivity contribution < 1.29 is 9.18 Å². The second-order valence-electron chi connectivity index (χ2n) is 7.46. The maximum atomic E-state index is 14.1. The Bertz CT molecular complexity index is 1010. The molecule has 6 nitrogen and oxygen atoms in total. The number of benzene rings is 2. The Morgan fingerprint density at radius 2 is 2.03 bits per heavy atom. The molecule has 1 atom stereocenters. The lowest BCUT2D eigenvalue weighted by Gasteiger charge is -2.37. The highest BCUT2D eigenvalue weighted by atomic mass is 19.1. The molecule has 1 fully saturated rings. The molecule has 0 saturated carbocycles. The van der Waals surface area contributed by atoms with Crippen molar-refractivity contribution in [1.82, 2.24) is 20.4 Å². The first-order valence-corrected chi connectivity index (χ1v) is 10.1. The SMILES string of the molecule is CCN1CCN(c2ccc(F)cc2C(C)NC(=O)c2cccc3cn[nH]c23)CC1. The highest BCUT2D eigenvalue weighted by Gasteiger charge is 2.22. The van der Waals surface area contributed by atoms with Crippen molar-refractivity contribution in [3.63, 3.8) is 0 Å². The van der Waals surface area contributed by atoms with Crippen LogP contribution < -0.4 is 10.2 Å². The Labute approximate surface area is 169 Å². The Balaban J connectivity index is 1.57. The number of likely N-dealkylation sites (N-methyl/N-ethyl adjacent to an activating group) is 1. The van der Waals surface area contributed by atoms with Gasteiger partial charge >= 0.3 is 0 Å². The first-order valence-electron chi connectivity index (χ1n) is 10.1. The van der Waals surface area contributed by atoms with E-state index in [0.717, 1.165) is 49.4 Å². The van der Waals surface area contributed by atoms with Gasteiger partial charge in [0, 0.05) is 42.8 Å². The number of rotatable bonds is 5. The summed E-state index contributed by atoms with van der Waals surface area (Å²) in [6, 6.07) is 10.0. The van der Waals surface area contributed by atoms with Crippen molar-refractivity contribution in [2.45, 2.75) is 19.9 Å². The van der Waals surface area contributed by atoms with Crippen molar-refractivity contribution in [1.29, 1.82) is 0 Å². The molecular formula is C22H26FN5O. The van der Waals surface area contributed by atoms with Crippen molar-refractivity contribution in [3.05, 3.63) is 59.5 Å². The molecule has 0 aliphatic carbocycles. The Morgan fingerprint density at radius 3 is 2.79 bits per heavy atom. The van der Waals surface area contributed by atoms with Crippen LogP contribution in [0, 0.1) is 5.82 Å². The highest BCUT2D eigenvalue weighted by Crippen LogP contribution is 2.29. The van der Waals surface area contributed by atoms with Gasteiger partial charge in [-0.1, -0.05) is 19.1 Å². The predicted molar refractivity (Wildman–Crippen MR) is 113 cm³/mol. The maximum Gasteiger partial charge on any atom is 0.253 e. The minimum atomic E-state index is -0.337. The van der Waals surface area contributed by atoms with Gasteiger partial charge in [0.1, 0.15) is 5.82 Å². The maximum absolute atomic E-state index is 14.1. The number of amides is 1. The van der Waals surface area contributed by atoms with Gasteiger partial charge in [0.05, 0.1) is 23.3 Å². The number of carbonyl (C=O) groups excluding carboxylic acids is 1. The molecule has 2 aromatic carbocycles. The Kier molecular flexibility index (Phi) is 5.49. The number of nitrogens with zero attached hydrogens (tertiary/aromatic N) is 3. The molecule has 7 heteroatoms. The van der Waals surface area contributed by atoms with Gasteiger partial charge in [0.2, 0.25) is 0 Å². The fourth-order valence-electron chi connectivity index (χ4n) is 3.98. The summed E-state index contributed by atoms with van der Waals surface area (Å²) in [5, 5.41) is 10.8. The Morgan fingerprint density at radius 1 is 1.24 bits per heavy atom. The van der Waals surface area contributed by atoms with Crippen LogP contribution in [-0.2, 0) is 0 Å². The van der Waals surface area contributed by atoms with Gasteiger partial charge in [-0.2, -0.15) is 5.10 Å². The molecule has 0 spiro atoms. The normalized spacial score (nSPS) is 16.2. The average molecular weight is 395 g/mol. The van der Waals surface area contributed by atoms with Crippen LogP contribution in [-0.4, -0.2) is 53.7 Å². The van der Waals surface area contributed by atoms with Crippen LogP contribution in [0.1, 0.15) is 35.8 Å². The average Bonchev–Trinajstić information content (AvgIpc) is 3.22. The molecule has 3 aromatic rings. The van der Waals surface area contributed by atoms with E-state index in [0.29, 0.717) is 11.1 Å². The fourth-order valence-corrected chi connectivity index (χ4v) is 3.98. The largest absolute Gasteiger partial charge is 0.369 e. The predicted octanol–water partition coefficient (Wildman–Crippen LogP) is 3.33. The van der Waals surface area contributed by atoms with Crippen molar-refractivity contribution >= 4 is 22.5 Å². The van der Waals surface area contributed by atoms with Gasteiger partial charge in [-0.25, -0.2) is 4.39 Å². The molecule has 1 aromatic heterocycles. The molecule has 2 heterocycles. The minimum absolute atomic E-state index is 0.210. The van der Waals surface area contributed by atoms with Crippen molar-refractivity contribution in [2.24, 2.45) is 0 Å². The number of nitrogens with one attached hydrogen (secondary N) is 2. The lowest BCUT2D eigenvalue weighted by molar-refractivity contribution is 0.0941. The van der Waals surface area contributed by atoms with E-state index in [-0.39, 0.29) is 17.8 Å². The molecule has 0 bridgehead atoms. The number of anilines is 1. The number of hydrogen-bond acceptors (Lipinski definition) is 4. The van der Waals surface area contributed by atoms with Gasteiger partial charge in [-0.05, 0) is 37.7 Å². The number of fused-ring (bicyclic) bond motifs is 1. The summed E-state index contributed by atoms with van der Waals surface area (Å²) in [4.78, 5) is 17.6. The van der Waals surface area contributed by atoms with E-state index < -0.39 is 0 Å². The number of aromatic nitrogens is 2. The number of halogens is 1. The van der Waals surface area contributed by atoms with Crippen LogP contribution in [0.5, 0.6) is 0 Å². The number of carbonyl (C=O) groups is 1.